The van der Waals surface area contributed by atoms with Crippen LogP contribution in [-0.2, 0) is 6.61 Å². The van der Waals surface area contributed by atoms with Crippen LogP contribution in [-0.4, -0.2) is 33.4 Å². The standard InChI is InChI=1S/C17H17ClFN5O3/c1-8(9-3-4-11(19)10(18)5-9)20-17(26)22-14-6-12-15(13(7-25)21-14)16(27-2)24-23-12/h3-6,8,25H,7H2,1-2H3,(H,23,24)(H2,20,21,22,26)/t8-/m1/s1. The summed E-state index contributed by atoms with van der Waals surface area (Å²) in [5.41, 5.74) is 1.51. The van der Waals surface area contributed by atoms with E-state index >= 15 is 0 Å². The van der Waals surface area contributed by atoms with Gasteiger partial charge in [-0.15, -0.1) is 5.10 Å². The quantitative estimate of drug-likeness (QED) is 0.532. The van der Waals surface area contributed by atoms with Crippen LogP contribution in [0.25, 0.3) is 10.9 Å². The fourth-order valence-electron chi connectivity index (χ4n) is 2.63. The van der Waals surface area contributed by atoms with Crippen molar-refractivity contribution in [3.63, 3.8) is 0 Å². The average molecular weight is 394 g/mol. The molecule has 2 aromatic heterocycles. The number of nitrogens with one attached hydrogen (secondary N) is 3. The molecule has 8 nitrogen and oxygen atoms in total. The first-order valence-electron chi connectivity index (χ1n) is 7.98. The Morgan fingerprint density at radius 3 is 2.89 bits per heavy atom. The third-order valence-electron chi connectivity index (χ3n) is 3.96. The number of halogens is 2. The lowest BCUT2D eigenvalue weighted by atomic mass is 10.1. The lowest BCUT2D eigenvalue weighted by Gasteiger charge is -2.15. The van der Waals surface area contributed by atoms with Crippen LogP contribution in [0.1, 0.15) is 24.2 Å². The molecule has 0 saturated heterocycles. The number of ether oxygens (including phenoxy) is 1. The number of anilines is 1. The van der Waals surface area contributed by atoms with E-state index < -0.39 is 17.9 Å². The van der Waals surface area contributed by atoms with Crippen molar-refractivity contribution in [2.24, 2.45) is 0 Å². The Morgan fingerprint density at radius 1 is 1.44 bits per heavy atom. The first-order chi connectivity index (χ1) is 12.9. The fourth-order valence-corrected chi connectivity index (χ4v) is 2.82. The molecule has 10 heteroatoms. The number of H-pyrrole nitrogens is 1. The Kier molecular flexibility index (Phi) is 5.43. The van der Waals surface area contributed by atoms with Crippen molar-refractivity contribution in [2.45, 2.75) is 19.6 Å². The summed E-state index contributed by atoms with van der Waals surface area (Å²) >= 11 is 5.77. The first-order valence-corrected chi connectivity index (χ1v) is 8.36. The van der Waals surface area contributed by atoms with Gasteiger partial charge in [0, 0.05) is 6.07 Å². The van der Waals surface area contributed by atoms with Gasteiger partial charge >= 0.3 is 6.03 Å². The number of carbonyl (C=O) groups is 1. The number of rotatable bonds is 5. The summed E-state index contributed by atoms with van der Waals surface area (Å²) in [5.74, 6) is 0.000132. The van der Waals surface area contributed by atoms with Gasteiger partial charge in [0.2, 0.25) is 5.88 Å². The van der Waals surface area contributed by atoms with Crippen LogP contribution in [0, 0.1) is 5.82 Å². The molecule has 0 unspecified atom stereocenters. The highest BCUT2D eigenvalue weighted by Crippen LogP contribution is 2.27. The monoisotopic (exact) mass is 393 g/mol. The molecule has 0 aliphatic carbocycles. The number of aliphatic hydroxyl groups excluding tert-OH is 1. The number of aromatic amines is 1. The largest absolute Gasteiger partial charge is 0.479 e. The maximum Gasteiger partial charge on any atom is 0.320 e. The average Bonchev–Trinajstić information content (AvgIpc) is 3.06. The van der Waals surface area contributed by atoms with Crippen molar-refractivity contribution in [3.8, 4) is 5.88 Å². The maximum absolute atomic E-state index is 13.3. The number of pyridine rings is 1. The predicted octanol–water partition coefficient (Wildman–Crippen LogP) is 3.13. The molecule has 1 atom stereocenters. The number of urea groups is 1. The molecule has 0 aliphatic heterocycles. The van der Waals surface area contributed by atoms with E-state index in [0.29, 0.717) is 28.0 Å². The number of aromatic nitrogens is 3. The van der Waals surface area contributed by atoms with Crippen LogP contribution in [0.2, 0.25) is 5.02 Å². The first kappa shape index (κ1) is 18.9. The Bertz CT molecular complexity index is 994. The van der Waals surface area contributed by atoms with E-state index in [2.05, 4.69) is 25.8 Å². The molecule has 4 N–H and O–H groups in total. The molecule has 0 aliphatic rings. The topological polar surface area (TPSA) is 112 Å². The summed E-state index contributed by atoms with van der Waals surface area (Å²) < 4.78 is 18.4. The fraction of sp³-hybridized carbons (Fsp3) is 0.235. The van der Waals surface area contributed by atoms with Gasteiger partial charge in [-0.1, -0.05) is 17.7 Å². The van der Waals surface area contributed by atoms with Crippen molar-refractivity contribution in [1.29, 1.82) is 0 Å². The Morgan fingerprint density at radius 2 is 2.22 bits per heavy atom. The summed E-state index contributed by atoms with van der Waals surface area (Å²) in [5, 5.41) is 22.1. The minimum Gasteiger partial charge on any atom is -0.479 e. The highest BCUT2D eigenvalue weighted by molar-refractivity contribution is 6.30. The van der Waals surface area contributed by atoms with Crippen LogP contribution >= 0.6 is 11.6 Å². The normalized spacial score (nSPS) is 12.0. The SMILES string of the molecule is COc1n[nH]c2cc(NC(=O)N[C@H](C)c3ccc(F)c(Cl)c3)nc(CO)c12. The van der Waals surface area contributed by atoms with Gasteiger partial charge in [0.15, 0.2) is 0 Å². The molecular formula is C17H17ClFN5O3. The number of methoxy groups -OCH3 is 1. The smallest absolute Gasteiger partial charge is 0.320 e. The Hall–Kier alpha value is -2.91. The minimum absolute atomic E-state index is 0.0190. The van der Waals surface area contributed by atoms with E-state index in [1.54, 1.807) is 13.0 Å². The van der Waals surface area contributed by atoms with Gasteiger partial charge in [0.05, 0.1) is 41.4 Å². The Labute approximate surface area is 158 Å². The van der Waals surface area contributed by atoms with E-state index in [0.717, 1.165) is 0 Å². The van der Waals surface area contributed by atoms with Crippen LogP contribution < -0.4 is 15.4 Å². The van der Waals surface area contributed by atoms with Gasteiger partial charge in [-0.25, -0.2) is 14.2 Å². The van der Waals surface area contributed by atoms with Crippen molar-refractivity contribution < 1.29 is 19.0 Å². The van der Waals surface area contributed by atoms with Gasteiger partial charge < -0.3 is 15.2 Å². The molecule has 1 aromatic carbocycles. The molecule has 0 fully saturated rings. The number of hydrogen-bond acceptors (Lipinski definition) is 5. The second-order valence-corrected chi connectivity index (χ2v) is 6.17. The molecule has 27 heavy (non-hydrogen) atoms. The zero-order valence-electron chi connectivity index (χ0n) is 14.5. The molecule has 0 radical (unpaired) electrons. The number of benzene rings is 1. The molecule has 0 spiro atoms. The number of fused-ring (bicyclic) bond motifs is 1. The van der Waals surface area contributed by atoms with Crippen molar-refractivity contribution >= 4 is 34.4 Å². The molecule has 3 rings (SSSR count). The van der Waals surface area contributed by atoms with E-state index in [1.807, 2.05) is 0 Å². The molecule has 0 saturated carbocycles. The van der Waals surface area contributed by atoms with Gasteiger partial charge in [-0.05, 0) is 24.6 Å². The summed E-state index contributed by atoms with van der Waals surface area (Å²) in [6.07, 6.45) is 0. The van der Waals surface area contributed by atoms with Crippen LogP contribution in [0.5, 0.6) is 5.88 Å². The number of hydrogen-bond donors (Lipinski definition) is 4. The van der Waals surface area contributed by atoms with Crippen molar-refractivity contribution in [2.75, 3.05) is 12.4 Å². The van der Waals surface area contributed by atoms with Crippen molar-refractivity contribution in [1.82, 2.24) is 20.5 Å². The van der Waals surface area contributed by atoms with Gasteiger partial charge in [0.25, 0.3) is 0 Å². The summed E-state index contributed by atoms with van der Waals surface area (Å²) in [7, 11) is 1.46. The second-order valence-electron chi connectivity index (χ2n) is 5.76. The van der Waals surface area contributed by atoms with Gasteiger partial charge in [-0.3, -0.25) is 10.4 Å². The van der Waals surface area contributed by atoms with Crippen LogP contribution in [0.15, 0.2) is 24.3 Å². The van der Waals surface area contributed by atoms with Crippen LogP contribution in [0.4, 0.5) is 15.0 Å². The van der Waals surface area contributed by atoms with Gasteiger partial charge in [0.1, 0.15) is 11.6 Å². The lowest BCUT2D eigenvalue weighted by Crippen LogP contribution is -2.31. The number of aliphatic hydroxyl groups is 1. The van der Waals surface area contributed by atoms with Crippen LogP contribution in [0.3, 0.4) is 0 Å². The summed E-state index contributed by atoms with van der Waals surface area (Å²) in [6, 6.07) is 4.86. The number of nitrogens with zero attached hydrogens (tertiary/aromatic N) is 2. The van der Waals surface area contributed by atoms with Gasteiger partial charge in [-0.2, -0.15) is 0 Å². The Balaban J connectivity index is 1.76. The molecule has 142 valence electrons. The summed E-state index contributed by atoms with van der Waals surface area (Å²) in [4.78, 5) is 16.5. The van der Waals surface area contributed by atoms with E-state index in [1.165, 1.54) is 25.3 Å². The van der Waals surface area contributed by atoms with E-state index in [9.17, 15) is 14.3 Å². The minimum atomic E-state index is -0.527. The zero-order valence-corrected chi connectivity index (χ0v) is 15.3. The molecular weight excluding hydrogens is 377 g/mol. The third-order valence-corrected chi connectivity index (χ3v) is 4.25. The highest BCUT2D eigenvalue weighted by atomic mass is 35.5. The van der Waals surface area contributed by atoms with Crippen molar-refractivity contribution in [3.05, 3.63) is 46.4 Å². The highest BCUT2D eigenvalue weighted by Gasteiger charge is 2.16. The molecule has 2 heterocycles. The molecule has 3 aromatic rings. The zero-order chi connectivity index (χ0) is 19.6. The number of amides is 2. The molecule has 2 amide bonds. The number of carbonyl (C=O) groups excluding carboxylic acids is 1. The van der Waals surface area contributed by atoms with E-state index in [-0.39, 0.29) is 17.4 Å². The lowest BCUT2D eigenvalue weighted by molar-refractivity contribution is 0.249. The maximum atomic E-state index is 13.3. The summed E-state index contributed by atoms with van der Waals surface area (Å²) in [6.45, 7) is 1.38. The third kappa shape index (κ3) is 3.93. The van der Waals surface area contributed by atoms with E-state index in [4.69, 9.17) is 16.3 Å². The molecule has 0 bridgehead atoms. The second kappa shape index (κ2) is 7.77. The predicted molar refractivity (Wildman–Crippen MR) is 98.3 cm³/mol.